The van der Waals surface area contributed by atoms with Crippen LogP contribution in [0.5, 0.6) is 0 Å². The fraction of sp³-hybridized carbons (Fsp3) is 0.800. The molecule has 0 aliphatic heterocycles. The summed E-state index contributed by atoms with van der Waals surface area (Å²) in [7, 11) is 0. The molecule has 2 unspecified atom stereocenters. The number of halogens is 2. The van der Waals surface area contributed by atoms with Crippen molar-refractivity contribution in [2.75, 3.05) is 19.8 Å². The van der Waals surface area contributed by atoms with E-state index >= 15 is 0 Å². The maximum absolute atomic E-state index is 11.9. The van der Waals surface area contributed by atoms with Gasteiger partial charge in [0.25, 0.3) is 0 Å². The lowest BCUT2D eigenvalue weighted by Gasteiger charge is -2.27. The van der Waals surface area contributed by atoms with Crippen LogP contribution in [0.2, 0.25) is 0 Å². The Morgan fingerprint density at radius 3 is 2.50 bits per heavy atom. The third kappa shape index (κ3) is 8.71. The highest BCUT2D eigenvalue weighted by Gasteiger charge is 2.32. The highest BCUT2D eigenvalue weighted by atomic mass is 35.5. The predicted octanol–water partition coefficient (Wildman–Crippen LogP) is 3.78. The molecule has 0 aromatic carbocycles. The third-order valence-electron chi connectivity index (χ3n) is 3.23. The molecule has 5 nitrogen and oxygen atoms in total. The van der Waals surface area contributed by atoms with Gasteiger partial charge in [0, 0.05) is 10.8 Å². The first-order valence-electron chi connectivity index (χ1n) is 7.63. The average molecular weight is 355 g/mol. The molecule has 0 radical (unpaired) electrons. The Kier molecular flexibility index (Phi) is 10.5. The van der Waals surface area contributed by atoms with Crippen molar-refractivity contribution < 1.29 is 24.0 Å². The Morgan fingerprint density at radius 1 is 1.09 bits per heavy atom. The van der Waals surface area contributed by atoms with Crippen LogP contribution in [-0.2, 0) is 24.0 Å². The van der Waals surface area contributed by atoms with Crippen molar-refractivity contribution in [1.82, 2.24) is 0 Å². The van der Waals surface area contributed by atoms with Crippen LogP contribution in [0, 0.1) is 5.92 Å². The summed E-state index contributed by atoms with van der Waals surface area (Å²) in [4.78, 5) is 21.4. The minimum absolute atomic E-state index is 0.0637. The van der Waals surface area contributed by atoms with E-state index in [1.807, 2.05) is 0 Å². The molecule has 1 saturated carbocycles. The smallest absolute Gasteiger partial charge is 0.309 e. The van der Waals surface area contributed by atoms with E-state index in [2.05, 4.69) is 6.92 Å². The van der Waals surface area contributed by atoms with Crippen molar-refractivity contribution in [3.05, 3.63) is 12.5 Å². The van der Waals surface area contributed by atoms with Gasteiger partial charge in [0.1, 0.15) is 19.5 Å². The van der Waals surface area contributed by atoms with Gasteiger partial charge in [-0.1, -0.05) is 13.3 Å². The fourth-order valence-corrected chi connectivity index (χ4v) is 3.07. The Hall–Kier alpha value is -0.650. The molecule has 0 bridgehead atoms. The molecule has 22 heavy (non-hydrogen) atoms. The lowest BCUT2D eigenvalue weighted by molar-refractivity contribution is -0.255. The number of carbonyl (C=O) groups is 1. The van der Waals surface area contributed by atoms with Crippen LogP contribution < -0.4 is 0 Å². The summed E-state index contributed by atoms with van der Waals surface area (Å²) in [6, 6.07) is 0. The maximum Gasteiger partial charge on any atom is 0.309 e. The highest BCUT2D eigenvalue weighted by molar-refractivity contribution is 6.24. The van der Waals surface area contributed by atoms with Crippen LogP contribution in [0.15, 0.2) is 12.5 Å². The van der Waals surface area contributed by atoms with Crippen molar-refractivity contribution in [2.45, 2.75) is 49.8 Å². The molecule has 7 heteroatoms. The first-order chi connectivity index (χ1) is 10.6. The number of ether oxygens (including phenoxy) is 2. The van der Waals surface area contributed by atoms with Crippen molar-refractivity contribution in [1.29, 1.82) is 0 Å². The van der Waals surface area contributed by atoms with E-state index in [-0.39, 0.29) is 35.9 Å². The zero-order valence-electron chi connectivity index (χ0n) is 12.8. The second-order valence-electron chi connectivity index (χ2n) is 5.18. The van der Waals surface area contributed by atoms with E-state index in [0.29, 0.717) is 19.4 Å². The van der Waals surface area contributed by atoms with Gasteiger partial charge in [0.2, 0.25) is 0 Å². The zero-order valence-corrected chi connectivity index (χ0v) is 14.4. The quantitative estimate of drug-likeness (QED) is 0.149. The molecule has 0 N–H and O–H groups in total. The Labute approximate surface area is 141 Å². The summed E-state index contributed by atoms with van der Waals surface area (Å²) in [6.07, 6.45) is 6.74. The fourth-order valence-electron chi connectivity index (χ4n) is 2.12. The van der Waals surface area contributed by atoms with Crippen molar-refractivity contribution in [3.8, 4) is 0 Å². The molecule has 1 fully saturated rings. The average Bonchev–Trinajstić information content (AvgIpc) is 2.48. The molecule has 1 aliphatic rings. The van der Waals surface area contributed by atoms with E-state index in [1.165, 1.54) is 12.5 Å². The van der Waals surface area contributed by atoms with E-state index in [1.54, 1.807) is 0 Å². The topological polar surface area (TPSA) is 54.0 Å². The molecule has 0 aromatic rings. The largest absolute Gasteiger partial charge is 0.498 e. The van der Waals surface area contributed by atoms with Crippen LogP contribution in [0.1, 0.15) is 39.0 Å². The second-order valence-corrected chi connectivity index (χ2v) is 6.42. The molecule has 0 heterocycles. The lowest BCUT2D eigenvalue weighted by atomic mass is 9.88. The molecule has 1 aliphatic carbocycles. The zero-order chi connectivity index (χ0) is 16.2. The molecule has 0 saturated heterocycles. The number of esters is 1. The number of hydrogen-bond donors (Lipinski definition) is 0. The maximum atomic E-state index is 11.9. The third-order valence-corrected chi connectivity index (χ3v) is 3.94. The highest BCUT2D eigenvalue weighted by Crippen LogP contribution is 2.31. The summed E-state index contributed by atoms with van der Waals surface area (Å²) in [6.45, 7) is 3.01. The van der Waals surface area contributed by atoms with Gasteiger partial charge in [0.15, 0.2) is 6.26 Å². The minimum Gasteiger partial charge on any atom is -0.498 e. The summed E-state index contributed by atoms with van der Waals surface area (Å²) in [5, 5.41) is -0.127. The number of unbranched alkanes of at least 4 members (excludes halogenated alkanes) is 1. The minimum atomic E-state index is -0.280. The van der Waals surface area contributed by atoms with Gasteiger partial charge in [0.05, 0.1) is 12.5 Å². The Bertz CT molecular complexity index is 328. The molecule has 2 atom stereocenters. The Balaban J connectivity index is 2.01. The second kappa shape index (κ2) is 11.9. The SMILES string of the molecule is CCCCO/C=C/OOCCOC(=O)C1CC(Cl)CC(Cl)C1. The first-order valence-corrected chi connectivity index (χ1v) is 8.50. The first kappa shape index (κ1) is 19.4. The van der Waals surface area contributed by atoms with Gasteiger partial charge in [-0.05, 0) is 25.7 Å². The van der Waals surface area contributed by atoms with E-state index in [0.717, 1.165) is 19.3 Å². The summed E-state index contributed by atoms with van der Waals surface area (Å²) in [5.41, 5.74) is 0. The number of carbonyl (C=O) groups excluding carboxylic acids is 1. The van der Waals surface area contributed by atoms with Gasteiger partial charge in [-0.25, -0.2) is 0 Å². The monoisotopic (exact) mass is 354 g/mol. The normalized spacial score (nSPS) is 25.1. The Morgan fingerprint density at radius 2 is 1.82 bits per heavy atom. The van der Waals surface area contributed by atoms with E-state index < -0.39 is 0 Å². The molecule has 0 aromatic heterocycles. The number of rotatable bonds is 10. The van der Waals surface area contributed by atoms with Crippen LogP contribution in [0.25, 0.3) is 0 Å². The van der Waals surface area contributed by atoms with Gasteiger partial charge < -0.3 is 14.4 Å². The van der Waals surface area contributed by atoms with Crippen molar-refractivity contribution in [3.63, 3.8) is 0 Å². The molecule has 0 spiro atoms. The summed E-state index contributed by atoms with van der Waals surface area (Å²) < 4.78 is 10.2. The summed E-state index contributed by atoms with van der Waals surface area (Å²) >= 11 is 12.1. The van der Waals surface area contributed by atoms with Gasteiger partial charge >= 0.3 is 5.97 Å². The van der Waals surface area contributed by atoms with Crippen molar-refractivity contribution in [2.24, 2.45) is 5.92 Å². The lowest BCUT2D eigenvalue weighted by Crippen LogP contribution is -2.30. The van der Waals surface area contributed by atoms with E-state index in [4.69, 9.17) is 42.5 Å². The van der Waals surface area contributed by atoms with Crippen molar-refractivity contribution >= 4 is 29.2 Å². The molecule has 0 amide bonds. The summed E-state index contributed by atoms with van der Waals surface area (Å²) in [5.74, 6) is -0.510. The predicted molar refractivity (Wildman–Crippen MR) is 84.6 cm³/mol. The van der Waals surface area contributed by atoms with Crippen LogP contribution in [-0.4, -0.2) is 36.5 Å². The van der Waals surface area contributed by atoms with E-state index in [9.17, 15) is 4.79 Å². The molecular formula is C15H24Cl2O5. The van der Waals surface area contributed by atoms with Gasteiger partial charge in [-0.2, -0.15) is 4.89 Å². The van der Waals surface area contributed by atoms with Gasteiger partial charge in [-0.3, -0.25) is 4.79 Å². The van der Waals surface area contributed by atoms with Crippen LogP contribution >= 0.6 is 23.2 Å². The van der Waals surface area contributed by atoms with Crippen LogP contribution in [0.3, 0.4) is 0 Å². The molecular weight excluding hydrogens is 331 g/mol. The van der Waals surface area contributed by atoms with Gasteiger partial charge in [-0.15, -0.1) is 23.2 Å². The number of alkyl halides is 2. The molecule has 128 valence electrons. The standard InChI is InChI=1S/C15H24Cl2O5/c1-2-3-4-19-5-7-21-22-8-6-20-15(18)12-9-13(16)11-14(17)10-12/h5,7,12-14H,2-4,6,8-11H2,1H3/b7-5+. The van der Waals surface area contributed by atoms with Crippen LogP contribution in [0.4, 0.5) is 0 Å². The number of hydrogen-bond acceptors (Lipinski definition) is 5. The molecule has 1 rings (SSSR count).